The first kappa shape index (κ1) is 36.3. The third-order valence-corrected chi connectivity index (χ3v) is 10.9. The van der Waals surface area contributed by atoms with Crippen LogP contribution in [0.3, 0.4) is 0 Å². The first-order chi connectivity index (χ1) is 18.9. The smallest absolute Gasteiger partial charge is 0.374 e. The van der Waals surface area contributed by atoms with Crippen LogP contribution in [-0.4, -0.2) is 119 Å². The molecular formula is C23H44N4O10S2Si. The van der Waals surface area contributed by atoms with E-state index >= 15 is 0 Å². The van der Waals surface area contributed by atoms with Crippen molar-refractivity contribution in [1.82, 2.24) is 20.4 Å². The Labute approximate surface area is 242 Å². The molecule has 0 aromatic rings. The number of thioether (sulfide) groups is 1. The van der Waals surface area contributed by atoms with Gasteiger partial charge in [0.05, 0.1) is 5.75 Å². The van der Waals surface area contributed by atoms with Gasteiger partial charge in [0.25, 0.3) is 10.1 Å². The van der Waals surface area contributed by atoms with Crippen molar-refractivity contribution in [2.24, 2.45) is 5.92 Å². The SMILES string of the molecule is CCO[Si](CCCN1C(=O)N(CCNC(=O)CCSCC(C)C(=O)NCCCS(=O)(=O)O)C1=O)(OCC)OCC. The van der Waals surface area contributed by atoms with Gasteiger partial charge in [-0.2, -0.15) is 20.2 Å². The number of urea groups is 2. The second kappa shape index (κ2) is 18.6. The van der Waals surface area contributed by atoms with Gasteiger partial charge in [-0.3, -0.25) is 14.1 Å². The fraction of sp³-hybridized carbons (Fsp3) is 0.826. The molecule has 1 fully saturated rings. The topological polar surface area (TPSA) is 181 Å². The summed E-state index contributed by atoms with van der Waals surface area (Å²) in [4.78, 5) is 51.1. The molecule has 40 heavy (non-hydrogen) atoms. The zero-order valence-corrected chi connectivity index (χ0v) is 26.4. The quantitative estimate of drug-likeness (QED) is 0.0848. The van der Waals surface area contributed by atoms with Crippen LogP contribution in [0.4, 0.5) is 9.59 Å². The molecule has 1 heterocycles. The Morgan fingerprint density at radius 3 is 2.08 bits per heavy atom. The highest BCUT2D eigenvalue weighted by molar-refractivity contribution is 7.99. The number of hydrogen-bond donors (Lipinski definition) is 3. The molecular weight excluding hydrogens is 584 g/mol. The van der Waals surface area contributed by atoms with E-state index in [0.717, 1.165) is 9.80 Å². The minimum Gasteiger partial charge on any atom is -0.374 e. The molecule has 0 aromatic carbocycles. The van der Waals surface area contributed by atoms with Crippen molar-refractivity contribution >= 4 is 54.6 Å². The van der Waals surface area contributed by atoms with Crippen LogP contribution < -0.4 is 10.6 Å². The van der Waals surface area contributed by atoms with Crippen LogP contribution in [0, 0.1) is 5.92 Å². The van der Waals surface area contributed by atoms with E-state index in [-0.39, 0.29) is 56.8 Å². The molecule has 1 aliphatic rings. The summed E-state index contributed by atoms with van der Waals surface area (Å²) in [6.45, 7) is 9.28. The maximum absolute atomic E-state index is 12.4. The second-order valence-electron chi connectivity index (χ2n) is 8.96. The monoisotopic (exact) mass is 628 g/mol. The van der Waals surface area contributed by atoms with E-state index < -0.39 is 36.7 Å². The Balaban J connectivity index is 2.23. The number of carbonyl (C=O) groups is 4. The van der Waals surface area contributed by atoms with Gasteiger partial charge in [-0.1, -0.05) is 6.92 Å². The number of hydrogen-bond acceptors (Lipinski definition) is 10. The van der Waals surface area contributed by atoms with Crippen LogP contribution >= 0.6 is 11.8 Å². The molecule has 0 radical (unpaired) electrons. The van der Waals surface area contributed by atoms with Crippen molar-refractivity contribution in [3.63, 3.8) is 0 Å². The summed E-state index contributed by atoms with van der Waals surface area (Å²) in [6.07, 6.45) is 0.837. The van der Waals surface area contributed by atoms with E-state index in [2.05, 4.69) is 10.6 Å². The van der Waals surface area contributed by atoms with E-state index in [1.54, 1.807) is 6.92 Å². The molecule has 0 aliphatic carbocycles. The largest absolute Gasteiger partial charge is 0.500 e. The van der Waals surface area contributed by atoms with Crippen molar-refractivity contribution in [3.05, 3.63) is 0 Å². The maximum Gasteiger partial charge on any atom is 0.500 e. The van der Waals surface area contributed by atoms with E-state index in [9.17, 15) is 27.6 Å². The lowest BCUT2D eigenvalue weighted by molar-refractivity contribution is -0.123. The minimum atomic E-state index is -4.04. The molecule has 1 saturated heterocycles. The zero-order valence-electron chi connectivity index (χ0n) is 23.8. The van der Waals surface area contributed by atoms with Crippen molar-refractivity contribution in [3.8, 4) is 0 Å². The number of nitrogens with zero attached hydrogens (tertiary/aromatic N) is 2. The Hall–Kier alpha value is -1.76. The predicted octanol–water partition coefficient (Wildman–Crippen LogP) is 1.55. The van der Waals surface area contributed by atoms with Gasteiger partial charge in [-0.25, -0.2) is 19.4 Å². The van der Waals surface area contributed by atoms with E-state index in [1.807, 2.05) is 20.8 Å². The average Bonchev–Trinajstić information content (AvgIpc) is 2.89. The van der Waals surface area contributed by atoms with Crippen LogP contribution in [0.15, 0.2) is 0 Å². The van der Waals surface area contributed by atoms with E-state index in [0.29, 0.717) is 43.8 Å². The molecule has 1 unspecified atom stereocenters. The van der Waals surface area contributed by atoms with Gasteiger partial charge in [0.2, 0.25) is 11.8 Å². The summed E-state index contributed by atoms with van der Waals surface area (Å²) < 4.78 is 47.4. The standard InChI is InChI=1S/C23H44N4O10S2Si/c1-5-35-40(36-6-2,37-7-3)17-9-13-26-22(30)27(23(26)31)14-12-24-20(28)10-15-38-18-19(4)21(29)25-11-8-16-39(32,33)34/h19H,5-18H2,1-4H3,(H,24,28)(H,25,29)(H,32,33,34). The molecule has 1 atom stereocenters. The van der Waals surface area contributed by atoms with Gasteiger partial charge in [0, 0.05) is 75.9 Å². The Kier molecular flexibility index (Phi) is 16.9. The first-order valence-corrected chi connectivity index (χ1v) is 18.2. The molecule has 0 aromatic heterocycles. The Bertz CT molecular complexity index is 908. The number of carbonyl (C=O) groups excluding carboxylic acids is 4. The van der Waals surface area contributed by atoms with Crippen LogP contribution in [0.25, 0.3) is 0 Å². The predicted molar refractivity (Wildman–Crippen MR) is 152 cm³/mol. The molecule has 1 rings (SSSR count). The molecule has 1 aliphatic heterocycles. The lowest BCUT2D eigenvalue weighted by Crippen LogP contribution is -2.65. The Morgan fingerprint density at radius 1 is 0.950 bits per heavy atom. The molecule has 232 valence electrons. The van der Waals surface area contributed by atoms with Crippen LogP contribution in [0.1, 0.15) is 47.0 Å². The van der Waals surface area contributed by atoms with E-state index in [4.69, 9.17) is 17.8 Å². The lowest BCUT2D eigenvalue weighted by Gasteiger charge is -2.39. The van der Waals surface area contributed by atoms with Gasteiger partial charge < -0.3 is 23.9 Å². The summed E-state index contributed by atoms with van der Waals surface area (Å²) in [5.41, 5.74) is 0. The fourth-order valence-electron chi connectivity index (χ4n) is 3.78. The van der Waals surface area contributed by atoms with Gasteiger partial charge in [-0.15, -0.1) is 0 Å². The van der Waals surface area contributed by atoms with Gasteiger partial charge in [-0.05, 0) is 33.6 Å². The minimum absolute atomic E-state index is 0.0807. The number of imide groups is 2. The molecule has 0 spiro atoms. The highest BCUT2D eigenvalue weighted by Gasteiger charge is 2.45. The molecule has 14 nitrogen and oxygen atoms in total. The van der Waals surface area contributed by atoms with Crippen molar-refractivity contribution in [1.29, 1.82) is 0 Å². The molecule has 3 N–H and O–H groups in total. The molecule has 6 amide bonds. The summed E-state index contributed by atoms with van der Waals surface area (Å²) >= 11 is 1.43. The summed E-state index contributed by atoms with van der Waals surface area (Å²) in [5, 5.41) is 5.30. The van der Waals surface area contributed by atoms with Crippen molar-refractivity contribution in [2.75, 3.05) is 63.3 Å². The normalized spacial score (nSPS) is 14.7. The van der Waals surface area contributed by atoms with Crippen molar-refractivity contribution in [2.45, 2.75) is 53.0 Å². The lowest BCUT2D eigenvalue weighted by atomic mass is 10.2. The zero-order chi connectivity index (χ0) is 30.2. The fourth-order valence-corrected chi connectivity index (χ4v) is 7.89. The maximum atomic E-state index is 12.4. The third-order valence-electron chi connectivity index (χ3n) is 5.71. The summed E-state index contributed by atoms with van der Waals surface area (Å²) in [6, 6.07) is -0.318. The highest BCUT2D eigenvalue weighted by atomic mass is 32.2. The number of rotatable bonds is 23. The second-order valence-corrected chi connectivity index (χ2v) is 14.4. The summed E-state index contributed by atoms with van der Waals surface area (Å²) in [5.74, 6) is -0.239. The van der Waals surface area contributed by atoms with E-state index in [1.165, 1.54) is 11.8 Å². The first-order valence-electron chi connectivity index (χ1n) is 13.5. The van der Waals surface area contributed by atoms with Gasteiger partial charge >= 0.3 is 20.9 Å². The van der Waals surface area contributed by atoms with Crippen molar-refractivity contribution < 1.29 is 45.4 Å². The highest BCUT2D eigenvalue weighted by Crippen LogP contribution is 2.22. The van der Waals surface area contributed by atoms with Crippen LogP contribution in [0.2, 0.25) is 6.04 Å². The molecule has 17 heteroatoms. The number of amides is 6. The molecule has 0 bridgehead atoms. The summed E-state index contributed by atoms with van der Waals surface area (Å²) in [7, 11) is -6.88. The van der Waals surface area contributed by atoms with Gasteiger partial charge in [0.15, 0.2) is 0 Å². The molecule has 0 saturated carbocycles. The average molecular weight is 629 g/mol. The van der Waals surface area contributed by atoms with Crippen LogP contribution in [-0.2, 0) is 33.0 Å². The number of nitrogens with one attached hydrogen (secondary N) is 2. The van der Waals surface area contributed by atoms with Gasteiger partial charge in [0.1, 0.15) is 0 Å². The van der Waals surface area contributed by atoms with Crippen LogP contribution in [0.5, 0.6) is 0 Å². The Morgan fingerprint density at radius 2 is 1.52 bits per heavy atom. The third kappa shape index (κ3) is 13.3.